The molecule has 2 aromatic rings. The van der Waals surface area contributed by atoms with E-state index in [0.29, 0.717) is 34.6 Å². The van der Waals surface area contributed by atoms with Crippen molar-refractivity contribution in [1.82, 2.24) is 9.55 Å². The van der Waals surface area contributed by atoms with E-state index >= 15 is 0 Å². The third kappa shape index (κ3) is 3.88. The van der Waals surface area contributed by atoms with Gasteiger partial charge in [0.15, 0.2) is 5.82 Å². The average Bonchev–Trinajstić information content (AvgIpc) is 3.22. The zero-order valence-corrected chi connectivity index (χ0v) is 17.7. The number of carbonyl (C=O) groups excluding carboxylic acids is 2. The summed E-state index contributed by atoms with van der Waals surface area (Å²) in [6.45, 7) is 3.61. The minimum absolute atomic E-state index is 0.0518. The normalized spacial score (nSPS) is 17.0. The number of anilines is 1. The molecule has 0 unspecified atom stereocenters. The first-order chi connectivity index (χ1) is 14.1. The predicted molar refractivity (Wildman–Crippen MR) is 116 cm³/mol. The molecule has 4 rings (SSSR count). The van der Waals surface area contributed by atoms with E-state index in [0.717, 1.165) is 5.56 Å². The maximum atomic E-state index is 12.5. The zero-order chi connectivity index (χ0) is 20.4. The van der Waals surface area contributed by atoms with Gasteiger partial charge in [-0.1, -0.05) is 57.4 Å². The lowest BCUT2D eigenvalue weighted by atomic mass is 9.84. The molecule has 2 heterocycles. The summed E-state index contributed by atoms with van der Waals surface area (Å²) in [5.74, 6) is 0.888. The molecule has 152 valence electrons. The molecule has 1 fully saturated rings. The zero-order valence-electron chi connectivity index (χ0n) is 16.9. The molecule has 1 saturated carbocycles. The van der Waals surface area contributed by atoms with Crippen molar-refractivity contribution in [3.05, 3.63) is 41.7 Å². The maximum absolute atomic E-state index is 12.5. The van der Waals surface area contributed by atoms with Gasteiger partial charge >= 0.3 is 0 Å². The second-order valence-corrected chi connectivity index (χ2v) is 8.49. The second kappa shape index (κ2) is 8.53. The number of thioether (sulfide) groups is 1. The molecule has 1 aromatic heterocycles. The van der Waals surface area contributed by atoms with Crippen LogP contribution < -0.4 is 5.01 Å². The fourth-order valence-corrected chi connectivity index (χ4v) is 4.98. The molecule has 0 N–H and O–H groups in total. The Kier molecular flexibility index (Phi) is 5.85. The van der Waals surface area contributed by atoms with E-state index < -0.39 is 0 Å². The molecule has 1 aliphatic carbocycles. The van der Waals surface area contributed by atoms with E-state index in [2.05, 4.69) is 34.4 Å². The van der Waals surface area contributed by atoms with Crippen molar-refractivity contribution in [1.29, 1.82) is 0 Å². The molecule has 0 spiro atoms. The molecule has 0 radical (unpaired) electrons. The molecular weight excluding hydrogens is 384 g/mol. The van der Waals surface area contributed by atoms with Gasteiger partial charge in [0.05, 0.1) is 0 Å². The van der Waals surface area contributed by atoms with Gasteiger partial charge in [-0.15, -0.1) is 0 Å². The number of imidazole rings is 1. The minimum atomic E-state index is -0.142. The molecule has 1 aromatic carbocycles. The van der Waals surface area contributed by atoms with Crippen molar-refractivity contribution in [3.63, 3.8) is 0 Å². The Balaban J connectivity index is 1.66. The number of benzene rings is 1. The maximum Gasteiger partial charge on any atom is 0.248 e. The van der Waals surface area contributed by atoms with Crippen molar-refractivity contribution in [3.8, 4) is 0 Å². The number of amides is 1. The Morgan fingerprint density at radius 1 is 1.03 bits per heavy atom. The quantitative estimate of drug-likeness (QED) is 0.695. The first-order valence-electron chi connectivity index (χ1n) is 10.4. The van der Waals surface area contributed by atoms with Crippen molar-refractivity contribution in [2.24, 2.45) is 5.10 Å². The number of aromatic nitrogens is 2. The number of hydrogen-bond donors (Lipinski definition) is 0. The largest absolute Gasteiger partial charge is 0.274 e. The van der Waals surface area contributed by atoms with Crippen molar-refractivity contribution >= 4 is 34.4 Å². The van der Waals surface area contributed by atoms with Crippen LogP contribution in [0.25, 0.3) is 0 Å². The topological polar surface area (TPSA) is 67.6 Å². The molecule has 7 heteroatoms. The summed E-state index contributed by atoms with van der Waals surface area (Å²) in [5, 5.41) is 7.29. The summed E-state index contributed by atoms with van der Waals surface area (Å²) in [6, 6.07) is 8.53. The fraction of sp³-hybridized carbons (Fsp3) is 0.455. The van der Waals surface area contributed by atoms with E-state index in [4.69, 9.17) is 0 Å². The van der Waals surface area contributed by atoms with E-state index in [1.165, 1.54) is 65.3 Å². The highest BCUT2D eigenvalue weighted by molar-refractivity contribution is 8.14. The Morgan fingerprint density at radius 3 is 2.38 bits per heavy atom. The lowest BCUT2D eigenvalue weighted by Crippen LogP contribution is -2.29. The van der Waals surface area contributed by atoms with Gasteiger partial charge in [0, 0.05) is 18.4 Å². The molecule has 1 aliphatic heterocycles. The highest BCUT2D eigenvalue weighted by Gasteiger charge is 2.30. The van der Waals surface area contributed by atoms with Gasteiger partial charge in [0.1, 0.15) is 16.4 Å². The Bertz CT molecular complexity index is 942. The van der Waals surface area contributed by atoms with Crippen LogP contribution in [0.15, 0.2) is 40.7 Å². The second-order valence-electron chi connectivity index (χ2n) is 7.51. The summed E-state index contributed by atoms with van der Waals surface area (Å²) in [6.07, 6.45) is 8.65. The highest BCUT2D eigenvalue weighted by atomic mass is 32.2. The number of rotatable bonds is 4. The summed E-state index contributed by atoms with van der Waals surface area (Å²) < 4.78 is 1.53. The SMILES string of the molecule is CCC(=O)N1N=C(c2ccc(C3CCCCC3)cc2)Sc2c1ncn2C(=O)CC. The molecule has 0 bridgehead atoms. The van der Waals surface area contributed by atoms with Gasteiger partial charge in [0.2, 0.25) is 11.8 Å². The van der Waals surface area contributed by atoms with Crippen molar-refractivity contribution in [2.45, 2.75) is 69.7 Å². The number of nitrogens with zero attached hydrogens (tertiary/aromatic N) is 4. The molecule has 29 heavy (non-hydrogen) atoms. The lowest BCUT2D eigenvalue weighted by molar-refractivity contribution is -0.118. The predicted octanol–water partition coefficient (Wildman–Crippen LogP) is 5.19. The number of hydrazone groups is 1. The monoisotopic (exact) mass is 410 g/mol. The van der Waals surface area contributed by atoms with Gasteiger partial charge in [-0.3, -0.25) is 14.2 Å². The Labute approximate surface area is 175 Å². The van der Waals surface area contributed by atoms with Crippen LogP contribution in [0.3, 0.4) is 0 Å². The first kappa shape index (κ1) is 19.9. The summed E-state index contributed by atoms with van der Waals surface area (Å²) >= 11 is 1.40. The van der Waals surface area contributed by atoms with E-state index in [-0.39, 0.29) is 11.8 Å². The van der Waals surface area contributed by atoms with Crippen molar-refractivity contribution in [2.75, 3.05) is 5.01 Å². The minimum Gasteiger partial charge on any atom is -0.274 e. The van der Waals surface area contributed by atoms with E-state index in [9.17, 15) is 9.59 Å². The molecular formula is C22H26N4O2S. The van der Waals surface area contributed by atoms with Crippen LogP contribution in [0.1, 0.15) is 80.6 Å². The molecule has 6 nitrogen and oxygen atoms in total. The summed E-state index contributed by atoms with van der Waals surface area (Å²) in [5.41, 5.74) is 2.33. The number of hydrogen-bond acceptors (Lipinski definition) is 5. The molecule has 0 saturated heterocycles. The standard InChI is InChI=1S/C22H26N4O2S/c1-3-18(27)25-14-23-20-22(25)29-21(24-26(20)19(28)4-2)17-12-10-16(11-13-17)15-8-6-5-7-9-15/h10-15H,3-9H2,1-2H3. The van der Waals surface area contributed by atoms with Crippen LogP contribution in [0.4, 0.5) is 5.82 Å². The third-order valence-corrected chi connectivity index (χ3v) is 6.72. The Hall–Kier alpha value is -2.41. The Morgan fingerprint density at radius 2 is 1.72 bits per heavy atom. The highest BCUT2D eigenvalue weighted by Crippen LogP contribution is 2.38. The summed E-state index contributed by atoms with van der Waals surface area (Å²) in [7, 11) is 0. The molecule has 0 atom stereocenters. The van der Waals surface area contributed by atoms with Gasteiger partial charge in [-0.2, -0.15) is 10.1 Å². The third-order valence-electron chi connectivity index (χ3n) is 5.63. The van der Waals surface area contributed by atoms with Gasteiger partial charge in [-0.25, -0.2) is 4.98 Å². The van der Waals surface area contributed by atoms with Crippen molar-refractivity contribution < 1.29 is 9.59 Å². The van der Waals surface area contributed by atoms with Gasteiger partial charge in [0.25, 0.3) is 0 Å². The number of carbonyl (C=O) groups is 2. The van der Waals surface area contributed by atoms with Gasteiger partial charge in [-0.05, 0) is 36.1 Å². The lowest BCUT2D eigenvalue weighted by Gasteiger charge is -2.24. The smallest absolute Gasteiger partial charge is 0.248 e. The van der Waals surface area contributed by atoms with Gasteiger partial charge < -0.3 is 0 Å². The molecule has 1 amide bonds. The summed E-state index contributed by atoms with van der Waals surface area (Å²) in [4.78, 5) is 29.1. The van der Waals surface area contributed by atoms with Crippen LogP contribution in [0.5, 0.6) is 0 Å². The van der Waals surface area contributed by atoms with Crippen LogP contribution >= 0.6 is 11.8 Å². The average molecular weight is 411 g/mol. The van der Waals surface area contributed by atoms with E-state index in [1.54, 1.807) is 6.92 Å². The number of fused-ring (bicyclic) bond motifs is 1. The molecule has 2 aliphatic rings. The van der Waals surface area contributed by atoms with Crippen LogP contribution in [0.2, 0.25) is 0 Å². The van der Waals surface area contributed by atoms with Crippen LogP contribution in [-0.2, 0) is 4.79 Å². The fourth-order valence-electron chi connectivity index (χ4n) is 3.94. The van der Waals surface area contributed by atoms with E-state index in [1.807, 2.05) is 6.92 Å². The van der Waals surface area contributed by atoms with Crippen LogP contribution in [-0.4, -0.2) is 26.4 Å². The first-order valence-corrected chi connectivity index (χ1v) is 11.2. The van der Waals surface area contributed by atoms with Crippen LogP contribution in [0, 0.1) is 0 Å².